The van der Waals surface area contributed by atoms with Gasteiger partial charge in [-0.3, -0.25) is 14.8 Å². The van der Waals surface area contributed by atoms with E-state index in [0.717, 1.165) is 61.9 Å². The third-order valence-electron chi connectivity index (χ3n) is 6.07. The lowest BCUT2D eigenvalue weighted by molar-refractivity contribution is 0.0746. The van der Waals surface area contributed by atoms with Crippen LogP contribution in [0.1, 0.15) is 10.4 Å². The quantitative estimate of drug-likeness (QED) is 0.626. The number of piperazine rings is 2. The second-order valence-corrected chi connectivity index (χ2v) is 8.08. The molecule has 3 aromatic rings. The molecule has 9 heteroatoms. The number of nitrogens with zero attached hydrogens (tertiary/aromatic N) is 8. The highest BCUT2D eigenvalue weighted by Crippen LogP contribution is 2.19. The highest BCUT2D eigenvalue weighted by molar-refractivity contribution is 5.97. The maximum atomic E-state index is 13.0. The molecule has 31 heavy (non-hydrogen) atoms. The minimum atomic E-state index is 0.0312. The van der Waals surface area contributed by atoms with Crippen LogP contribution in [0.2, 0.25) is 0 Å². The second kappa shape index (κ2) is 8.43. The Hall–Kier alpha value is -3.33. The fourth-order valence-corrected chi connectivity index (χ4v) is 4.11. The molecule has 2 fully saturated rings. The van der Waals surface area contributed by atoms with Gasteiger partial charge in [-0.1, -0.05) is 0 Å². The number of fused-ring (bicyclic) bond motifs is 1. The predicted molar refractivity (Wildman–Crippen MR) is 119 cm³/mol. The van der Waals surface area contributed by atoms with E-state index >= 15 is 0 Å². The maximum absolute atomic E-state index is 13.0. The van der Waals surface area contributed by atoms with Gasteiger partial charge in [0, 0.05) is 70.3 Å². The topological polar surface area (TPSA) is 81.6 Å². The van der Waals surface area contributed by atoms with Crippen LogP contribution >= 0.6 is 0 Å². The van der Waals surface area contributed by atoms with E-state index in [2.05, 4.69) is 48.0 Å². The average Bonchev–Trinajstić information content (AvgIpc) is 2.84. The molecular weight excluding hydrogens is 392 g/mol. The monoisotopic (exact) mass is 418 g/mol. The molecule has 1 aromatic carbocycles. The Labute approximate surface area is 181 Å². The SMILES string of the molecule is CN1CCN(c2ccc(N3CCN(C(=O)c4ccc5nccnc5c4)CC3)nn2)CC1. The van der Waals surface area contributed by atoms with Crippen LogP contribution in [0.15, 0.2) is 42.7 Å². The zero-order chi connectivity index (χ0) is 21.2. The van der Waals surface area contributed by atoms with E-state index in [1.165, 1.54) is 0 Å². The molecule has 0 atom stereocenters. The van der Waals surface area contributed by atoms with Gasteiger partial charge in [0.25, 0.3) is 5.91 Å². The normalized spacial score (nSPS) is 17.9. The summed E-state index contributed by atoms with van der Waals surface area (Å²) in [6.07, 6.45) is 3.30. The number of amides is 1. The molecule has 0 saturated carbocycles. The van der Waals surface area contributed by atoms with Crippen LogP contribution in [-0.4, -0.2) is 95.3 Å². The molecular formula is C22H26N8O. The van der Waals surface area contributed by atoms with Gasteiger partial charge in [-0.15, -0.1) is 10.2 Å². The lowest BCUT2D eigenvalue weighted by Crippen LogP contribution is -2.49. The summed E-state index contributed by atoms with van der Waals surface area (Å²) in [4.78, 5) is 30.2. The summed E-state index contributed by atoms with van der Waals surface area (Å²) >= 11 is 0. The lowest BCUT2D eigenvalue weighted by atomic mass is 10.1. The molecule has 0 unspecified atom stereocenters. The Morgan fingerprint density at radius 1 is 0.742 bits per heavy atom. The first-order chi connectivity index (χ1) is 15.2. The summed E-state index contributed by atoms with van der Waals surface area (Å²) in [6, 6.07) is 9.60. The Balaban J connectivity index is 1.20. The van der Waals surface area contributed by atoms with Crippen molar-refractivity contribution in [3.8, 4) is 0 Å². The minimum Gasteiger partial charge on any atom is -0.353 e. The summed E-state index contributed by atoms with van der Waals surface area (Å²) < 4.78 is 0. The number of carbonyl (C=O) groups excluding carboxylic acids is 1. The second-order valence-electron chi connectivity index (χ2n) is 8.08. The Bertz CT molecular complexity index is 1060. The highest BCUT2D eigenvalue weighted by atomic mass is 16.2. The molecule has 0 N–H and O–H groups in total. The van der Waals surface area contributed by atoms with Crippen LogP contribution < -0.4 is 9.80 Å². The molecule has 9 nitrogen and oxygen atoms in total. The van der Waals surface area contributed by atoms with E-state index in [0.29, 0.717) is 18.7 Å². The molecule has 4 heterocycles. The molecule has 2 aliphatic heterocycles. The van der Waals surface area contributed by atoms with E-state index in [1.807, 2.05) is 29.2 Å². The number of carbonyl (C=O) groups is 1. The third kappa shape index (κ3) is 4.13. The minimum absolute atomic E-state index is 0.0312. The van der Waals surface area contributed by atoms with Gasteiger partial charge in [0.2, 0.25) is 0 Å². The number of aromatic nitrogens is 4. The fourth-order valence-electron chi connectivity index (χ4n) is 4.11. The van der Waals surface area contributed by atoms with Crippen molar-refractivity contribution in [3.05, 3.63) is 48.3 Å². The van der Waals surface area contributed by atoms with E-state index < -0.39 is 0 Å². The van der Waals surface area contributed by atoms with E-state index in [1.54, 1.807) is 12.4 Å². The van der Waals surface area contributed by atoms with Crippen molar-refractivity contribution in [2.75, 3.05) is 69.2 Å². The van der Waals surface area contributed by atoms with E-state index in [9.17, 15) is 4.79 Å². The first kappa shape index (κ1) is 19.6. The largest absolute Gasteiger partial charge is 0.353 e. The van der Waals surface area contributed by atoms with Gasteiger partial charge in [-0.05, 0) is 37.4 Å². The number of anilines is 2. The van der Waals surface area contributed by atoms with Gasteiger partial charge in [0.1, 0.15) is 0 Å². The Kier molecular flexibility index (Phi) is 5.33. The molecule has 0 bridgehead atoms. The summed E-state index contributed by atoms with van der Waals surface area (Å²) in [5.41, 5.74) is 2.18. The zero-order valence-corrected chi connectivity index (χ0v) is 17.7. The molecule has 5 rings (SSSR count). The molecule has 0 radical (unpaired) electrons. The predicted octanol–water partition coefficient (Wildman–Crippen LogP) is 1.13. The fraction of sp³-hybridized carbons (Fsp3) is 0.409. The number of rotatable bonds is 3. The molecule has 2 saturated heterocycles. The first-order valence-electron chi connectivity index (χ1n) is 10.7. The van der Waals surface area contributed by atoms with Crippen molar-refractivity contribution in [2.45, 2.75) is 0 Å². The van der Waals surface area contributed by atoms with Crippen LogP contribution in [0, 0.1) is 0 Å². The van der Waals surface area contributed by atoms with Crippen molar-refractivity contribution < 1.29 is 4.79 Å². The van der Waals surface area contributed by atoms with Gasteiger partial charge in [-0.2, -0.15) is 0 Å². The third-order valence-corrected chi connectivity index (χ3v) is 6.07. The Morgan fingerprint density at radius 3 is 1.94 bits per heavy atom. The maximum Gasteiger partial charge on any atom is 0.254 e. The summed E-state index contributed by atoms with van der Waals surface area (Å²) in [7, 11) is 2.14. The number of benzene rings is 1. The number of hydrogen-bond acceptors (Lipinski definition) is 8. The van der Waals surface area contributed by atoms with Crippen molar-refractivity contribution in [3.63, 3.8) is 0 Å². The van der Waals surface area contributed by atoms with Gasteiger partial charge < -0.3 is 19.6 Å². The molecule has 2 aliphatic rings. The molecule has 0 spiro atoms. The summed E-state index contributed by atoms with van der Waals surface area (Å²) in [5, 5.41) is 8.92. The average molecular weight is 419 g/mol. The standard InChI is InChI=1S/C22H26N8O/c1-27-8-10-28(11-9-27)20-4-5-21(26-25-20)29-12-14-30(15-13-29)22(31)17-2-3-18-19(16-17)24-7-6-23-18/h2-7,16H,8-15H2,1H3. The first-order valence-corrected chi connectivity index (χ1v) is 10.7. The van der Waals surface area contributed by atoms with Gasteiger partial charge in [0.15, 0.2) is 11.6 Å². The summed E-state index contributed by atoms with van der Waals surface area (Å²) in [6.45, 7) is 6.82. The van der Waals surface area contributed by atoms with Gasteiger partial charge in [0.05, 0.1) is 11.0 Å². The molecule has 0 aliphatic carbocycles. The van der Waals surface area contributed by atoms with Crippen molar-refractivity contribution >= 4 is 28.6 Å². The molecule has 1 amide bonds. The number of likely N-dealkylation sites (N-methyl/N-ethyl adjacent to an activating group) is 1. The van der Waals surface area contributed by atoms with Crippen LogP contribution in [0.5, 0.6) is 0 Å². The molecule has 2 aromatic heterocycles. The van der Waals surface area contributed by atoms with Crippen LogP contribution in [0.25, 0.3) is 11.0 Å². The Morgan fingerprint density at radius 2 is 1.32 bits per heavy atom. The van der Waals surface area contributed by atoms with Crippen LogP contribution in [0.3, 0.4) is 0 Å². The van der Waals surface area contributed by atoms with E-state index in [-0.39, 0.29) is 5.91 Å². The smallest absolute Gasteiger partial charge is 0.254 e. The zero-order valence-electron chi connectivity index (χ0n) is 17.7. The molecule has 160 valence electrons. The van der Waals surface area contributed by atoms with Crippen LogP contribution in [-0.2, 0) is 0 Å². The van der Waals surface area contributed by atoms with Gasteiger partial charge >= 0.3 is 0 Å². The lowest BCUT2D eigenvalue weighted by Gasteiger charge is -2.36. The van der Waals surface area contributed by atoms with Crippen molar-refractivity contribution in [1.82, 2.24) is 30.0 Å². The van der Waals surface area contributed by atoms with Crippen LogP contribution in [0.4, 0.5) is 11.6 Å². The highest BCUT2D eigenvalue weighted by Gasteiger charge is 2.24. The van der Waals surface area contributed by atoms with Crippen molar-refractivity contribution in [1.29, 1.82) is 0 Å². The van der Waals surface area contributed by atoms with Gasteiger partial charge in [-0.25, -0.2) is 0 Å². The van der Waals surface area contributed by atoms with E-state index in [4.69, 9.17) is 0 Å². The summed E-state index contributed by atoms with van der Waals surface area (Å²) in [5.74, 6) is 1.83. The number of hydrogen-bond donors (Lipinski definition) is 0. The van der Waals surface area contributed by atoms with Crippen molar-refractivity contribution in [2.24, 2.45) is 0 Å².